The van der Waals surface area contributed by atoms with Gasteiger partial charge in [-0.3, -0.25) is 0 Å². The Balaban J connectivity index is 2.09. The quantitative estimate of drug-likeness (QED) is 0.643. The third-order valence-electron chi connectivity index (χ3n) is 3.15. The van der Waals surface area contributed by atoms with E-state index in [1.54, 1.807) is 0 Å². The molecule has 0 unspecified atom stereocenters. The minimum atomic E-state index is -0.517. The first kappa shape index (κ1) is 12.4. The molecule has 19 heavy (non-hydrogen) atoms. The molecule has 2 aromatic carbocycles. The second kappa shape index (κ2) is 4.78. The highest BCUT2D eigenvalue weighted by molar-refractivity contribution is 9.10. The number of halogens is 3. The van der Waals surface area contributed by atoms with Gasteiger partial charge in [0.2, 0.25) is 0 Å². The van der Waals surface area contributed by atoms with E-state index in [1.807, 2.05) is 35.0 Å². The molecule has 0 amide bonds. The van der Waals surface area contributed by atoms with Crippen molar-refractivity contribution in [3.8, 4) is 0 Å². The van der Waals surface area contributed by atoms with Gasteiger partial charge in [0.15, 0.2) is 0 Å². The molecule has 0 N–H and O–H groups in total. The first-order chi connectivity index (χ1) is 9.16. The molecule has 0 spiro atoms. The lowest BCUT2D eigenvalue weighted by Gasteiger charge is -2.08. The molecule has 4 heteroatoms. The van der Waals surface area contributed by atoms with Crippen LogP contribution in [0.5, 0.6) is 0 Å². The average molecular weight is 322 g/mol. The van der Waals surface area contributed by atoms with Crippen LogP contribution in [0.4, 0.5) is 8.78 Å². The molecule has 0 saturated heterocycles. The first-order valence-electron chi connectivity index (χ1n) is 5.83. The summed E-state index contributed by atoms with van der Waals surface area (Å²) >= 11 is 3.46. The Morgan fingerprint density at radius 3 is 2.37 bits per heavy atom. The number of aromatic nitrogens is 1. The number of hydrogen-bond donors (Lipinski definition) is 0. The Labute approximate surface area is 117 Å². The van der Waals surface area contributed by atoms with Crippen molar-refractivity contribution in [1.82, 2.24) is 4.57 Å². The summed E-state index contributed by atoms with van der Waals surface area (Å²) in [5.74, 6) is -1.03. The molecule has 1 heterocycles. The molecule has 0 aliphatic rings. The molecule has 1 aromatic heterocycles. The van der Waals surface area contributed by atoms with Crippen LogP contribution in [0.25, 0.3) is 10.9 Å². The van der Waals surface area contributed by atoms with E-state index < -0.39 is 11.6 Å². The Bertz CT molecular complexity index is 729. The van der Waals surface area contributed by atoms with Crippen LogP contribution in [0.2, 0.25) is 0 Å². The van der Waals surface area contributed by atoms with Crippen molar-refractivity contribution in [1.29, 1.82) is 0 Å². The molecule has 1 nitrogen and oxygen atoms in total. The summed E-state index contributed by atoms with van der Waals surface area (Å²) in [6.45, 7) is 0.179. The summed E-state index contributed by atoms with van der Waals surface area (Å²) in [6.07, 6.45) is 1.83. The zero-order valence-electron chi connectivity index (χ0n) is 9.91. The highest BCUT2D eigenvalue weighted by Gasteiger charge is 2.11. The summed E-state index contributed by atoms with van der Waals surface area (Å²) < 4.78 is 30.1. The standard InChI is InChI=1S/C15H10BrF2N/c16-12-3-1-6-15-10(12)7-8-19(15)9-11-13(17)4-2-5-14(11)18/h1-8H,9H2. The topological polar surface area (TPSA) is 4.93 Å². The van der Waals surface area contributed by atoms with Crippen molar-refractivity contribution < 1.29 is 8.78 Å². The van der Waals surface area contributed by atoms with E-state index >= 15 is 0 Å². The molecule has 0 bridgehead atoms. The van der Waals surface area contributed by atoms with Crippen LogP contribution in [0.1, 0.15) is 5.56 Å². The number of fused-ring (bicyclic) bond motifs is 1. The van der Waals surface area contributed by atoms with E-state index in [1.165, 1.54) is 18.2 Å². The summed E-state index contributed by atoms with van der Waals surface area (Å²) in [7, 11) is 0. The molecule has 96 valence electrons. The Hall–Kier alpha value is -1.68. The smallest absolute Gasteiger partial charge is 0.131 e. The van der Waals surface area contributed by atoms with Crippen LogP contribution >= 0.6 is 15.9 Å². The van der Waals surface area contributed by atoms with Gasteiger partial charge in [-0.1, -0.05) is 28.1 Å². The SMILES string of the molecule is Fc1cccc(F)c1Cn1ccc2c(Br)cccc21. The van der Waals surface area contributed by atoms with Gasteiger partial charge in [-0.05, 0) is 30.3 Å². The fourth-order valence-electron chi connectivity index (χ4n) is 2.18. The largest absolute Gasteiger partial charge is 0.343 e. The lowest BCUT2D eigenvalue weighted by atomic mass is 10.2. The lowest BCUT2D eigenvalue weighted by molar-refractivity contribution is 0.547. The van der Waals surface area contributed by atoms with Gasteiger partial charge in [0, 0.05) is 27.1 Å². The molecule has 0 aliphatic heterocycles. The molecule has 0 radical (unpaired) electrons. The third kappa shape index (κ3) is 2.16. The molecule has 0 saturated carbocycles. The highest BCUT2D eigenvalue weighted by Crippen LogP contribution is 2.26. The molecular weight excluding hydrogens is 312 g/mol. The maximum Gasteiger partial charge on any atom is 0.131 e. The second-order valence-electron chi connectivity index (χ2n) is 4.32. The van der Waals surface area contributed by atoms with Crippen LogP contribution in [0.15, 0.2) is 53.1 Å². The lowest BCUT2D eigenvalue weighted by Crippen LogP contribution is -2.03. The van der Waals surface area contributed by atoms with Gasteiger partial charge in [-0.25, -0.2) is 8.78 Å². The summed E-state index contributed by atoms with van der Waals surface area (Å²) in [4.78, 5) is 0. The van der Waals surface area contributed by atoms with Crippen molar-refractivity contribution in [3.63, 3.8) is 0 Å². The summed E-state index contributed by atoms with van der Waals surface area (Å²) in [5, 5.41) is 1.03. The van der Waals surface area contributed by atoms with Crippen molar-refractivity contribution in [3.05, 3.63) is 70.3 Å². The van der Waals surface area contributed by atoms with E-state index in [4.69, 9.17) is 0 Å². The number of nitrogens with zero attached hydrogens (tertiary/aromatic N) is 1. The molecule has 0 fully saturated rings. The monoisotopic (exact) mass is 321 g/mol. The van der Waals surface area contributed by atoms with E-state index in [2.05, 4.69) is 15.9 Å². The van der Waals surface area contributed by atoms with Gasteiger partial charge >= 0.3 is 0 Å². The number of benzene rings is 2. The maximum atomic E-state index is 13.7. The first-order valence-corrected chi connectivity index (χ1v) is 6.62. The number of rotatable bonds is 2. The number of hydrogen-bond acceptors (Lipinski definition) is 0. The fourth-order valence-corrected chi connectivity index (χ4v) is 2.67. The van der Waals surface area contributed by atoms with E-state index in [9.17, 15) is 8.78 Å². The van der Waals surface area contributed by atoms with Gasteiger partial charge in [0.05, 0.1) is 6.54 Å². The maximum absolute atomic E-state index is 13.7. The summed E-state index contributed by atoms with van der Waals surface area (Å²) in [5.41, 5.74) is 1.03. The average Bonchev–Trinajstić information content (AvgIpc) is 2.79. The third-order valence-corrected chi connectivity index (χ3v) is 3.84. The van der Waals surface area contributed by atoms with Crippen LogP contribution < -0.4 is 0 Å². The summed E-state index contributed by atoms with van der Waals surface area (Å²) in [6, 6.07) is 11.6. The van der Waals surface area contributed by atoms with Crippen molar-refractivity contribution in [2.45, 2.75) is 6.54 Å². The minimum absolute atomic E-state index is 0.0833. The predicted octanol–water partition coefficient (Wildman–Crippen LogP) is 4.73. The van der Waals surface area contributed by atoms with E-state index in [0.717, 1.165) is 15.4 Å². The van der Waals surface area contributed by atoms with Crippen molar-refractivity contribution in [2.24, 2.45) is 0 Å². The second-order valence-corrected chi connectivity index (χ2v) is 5.17. The van der Waals surface area contributed by atoms with Gasteiger partial charge in [-0.2, -0.15) is 0 Å². The Morgan fingerprint density at radius 1 is 0.947 bits per heavy atom. The molecular formula is C15H10BrF2N. The highest BCUT2D eigenvalue weighted by atomic mass is 79.9. The van der Waals surface area contributed by atoms with E-state index in [-0.39, 0.29) is 12.1 Å². The van der Waals surface area contributed by atoms with Crippen molar-refractivity contribution in [2.75, 3.05) is 0 Å². The Morgan fingerprint density at radius 2 is 1.63 bits per heavy atom. The van der Waals surface area contributed by atoms with Gasteiger partial charge in [-0.15, -0.1) is 0 Å². The van der Waals surface area contributed by atoms with Gasteiger partial charge in [0.25, 0.3) is 0 Å². The van der Waals surface area contributed by atoms with Crippen LogP contribution in [0.3, 0.4) is 0 Å². The van der Waals surface area contributed by atoms with Crippen LogP contribution in [-0.2, 0) is 6.54 Å². The van der Waals surface area contributed by atoms with Gasteiger partial charge in [0.1, 0.15) is 11.6 Å². The molecule has 0 aliphatic carbocycles. The van der Waals surface area contributed by atoms with Gasteiger partial charge < -0.3 is 4.57 Å². The Kier molecular flexibility index (Phi) is 3.11. The normalized spacial score (nSPS) is 11.1. The van der Waals surface area contributed by atoms with Crippen LogP contribution in [0, 0.1) is 11.6 Å². The van der Waals surface area contributed by atoms with Crippen LogP contribution in [-0.4, -0.2) is 4.57 Å². The molecule has 3 aromatic rings. The van der Waals surface area contributed by atoms with E-state index in [0.29, 0.717) is 0 Å². The zero-order chi connectivity index (χ0) is 13.4. The zero-order valence-corrected chi connectivity index (χ0v) is 11.5. The molecule has 0 atom stereocenters. The minimum Gasteiger partial charge on any atom is -0.343 e. The van der Waals surface area contributed by atoms with Crippen molar-refractivity contribution >= 4 is 26.8 Å². The fraction of sp³-hybridized carbons (Fsp3) is 0.0667. The molecule has 3 rings (SSSR count). The predicted molar refractivity (Wildman–Crippen MR) is 75.1 cm³/mol.